The Kier molecular flexibility index (Phi) is 7.20. The number of benzene rings is 1. The molecule has 1 aromatic rings. The van der Waals surface area contributed by atoms with Crippen molar-refractivity contribution in [2.24, 2.45) is 4.99 Å². The number of ether oxygens (including phenoxy) is 2. The van der Waals surface area contributed by atoms with Gasteiger partial charge in [-0.2, -0.15) is 0 Å². The Morgan fingerprint density at radius 1 is 1.21 bits per heavy atom. The number of fused-ring (bicyclic) bond motifs is 1. The van der Waals surface area contributed by atoms with Gasteiger partial charge in [-0.05, 0) is 25.5 Å². The third-order valence-electron chi connectivity index (χ3n) is 3.36. The van der Waals surface area contributed by atoms with Crippen LogP contribution in [0.4, 0.5) is 0 Å². The molecule has 0 fully saturated rings. The van der Waals surface area contributed by atoms with E-state index in [1.165, 1.54) is 0 Å². The maximum absolute atomic E-state index is 11.6. The Morgan fingerprint density at radius 3 is 2.75 bits per heavy atom. The Bertz CT molecular complexity index is 563. The first-order chi connectivity index (χ1) is 11.7. The van der Waals surface area contributed by atoms with Crippen molar-refractivity contribution in [1.29, 1.82) is 0 Å². The first-order valence-corrected chi connectivity index (χ1v) is 8.40. The van der Waals surface area contributed by atoms with Crippen molar-refractivity contribution in [2.45, 2.75) is 26.4 Å². The molecule has 0 aliphatic carbocycles. The lowest BCUT2D eigenvalue weighted by Gasteiger charge is -2.27. The molecule has 1 aromatic carbocycles. The van der Waals surface area contributed by atoms with Crippen LogP contribution in [0.1, 0.15) is 20.3 Å². The van der Waals surface area contributed by atoms with Crippen molar-refractivity contribution in [3.63, 3.8) is 0 Å². The van der Waals surface area contributed by atoms with Crippen LogP contribution in [0.2, 0.25) is 0 Å². The van der Waals surface area contributed by atoms with Gasteiger partial charge in [0.05, 0.1) is 6.54 Å². The van der Waals surface area contributed by atoms with Crippen LogP contribution < -0.4 is 25.4 Å². The lowest BCUT2D eigenvalue weighted by Crippen LogP contribution is -2.45. The lowest BCUT2D eigenvalue weighted by atomic mass is 10.2. The zero-order valence-electron chi connectivity index (χ0n) is 14.3. The lowest BCUT2D eigenvalue weighted by molar-refractivity contribution is -0.119. The minimum Gasteiger partial charge on any atom is -0.486 e. The molecule has 2 rings (SSSR count). The normalized spacial score (nSPS) is 16.4. The molecule has 132 valence electrons. The molecule has 0 saturated carbocycles. The van der Waals surface area contributed by atoms with Crippen LogP contribution in [-0.4, -0.2) is 50.8 Å². The summed E-state index contributed by atoms with van der Waals surface area (Å²) in [7, 11) is 0. The van der Waals surface area contributed by atoms with Gasteiger partial charge in [0.1, 0.15) is 19.3 Å². The van der Waals surface area contributed by atoms with Crippen LogP contribution in [-0.2, 0) is 4.79 Å². The smallest absolute Gasteiger partial charge is 0.241 e. The van der Waals surface area contributed by atoms with Gasteiger partial charge >= 0.3 is 0 Å². The summed E-state index contributed by atoms with van der Waals surface area (Å²) in [4.78, 5) is 15.9. The second-order valence-electron chi connectivity index (χ2n) is 5.42. The molecule has 1 amide bonds. The van der Waals surface area contributed by atoms with Gasteiger partial charge in [-0.25, -0.2) is 4.99 Å². The van der Waals surface area contributed by atoms with Crippen molar-refractivity contribution in [1.82, 2.24) is 16.0 Å². The average molecular weight is 334 g/mol. The van der Waals surface area contributed by atoms with Gasteiger partial charge in [0.25, 0.3) is 0 Å². The Labute approximate surface area is 142 Å². The number of aliphatic imine (C=N–C) groups is 1. The number of hydrogen-bond donors (Lipinski definition) is 3. The fourth-order valence-electron chi connectivity index (χ4n) is 2.19. The van der Waals surface area contributed by atoms with Gasteiger partial charge in [-0.15, -0.1) is 0 Å². The van der Waals surface area contributed by atoms with Crippen LogP contribution in [0.15, 0.2) is 29.3 Å². The standard InChI is InChI=1S/C17H26N4O3/c1-3-9-19-16(22)11-21-17(18-4-2)20-10-13-12-23-14-7-5-6-8-15(14)24-13/h5-8,13H,3-4,9-12H2,1-2H3,(H,19,22)(H2,18,20,21). The van der Waals surface area contributed by atoms with Crippen LogP contribution in [0.5, 0.6) is 11.5 Å². The van der Waals surface area contributed by atoms with Crippen molar-refractivity contribution in [3.8, 4) is 11.5 Å². The average Bonchev–Trinajstić information content (AvgIpc) is 2.62. The molecule has 0 spiro atoms. The SMILES string of the molecule is CCCNC(=O)CN=C(NCC)NCC1COc2ccccc2O1. The Balaban J connectivity index is 1.82. The maximum atomic E-state index is 11.6. The summed E-state index contributed by atoms with van der Waals surface area (Å²) in [6.07, 6.45) is 0.798. The maximum Gasteiger partial charge on any atom is 0.241 e. The number of carbonyl (C=O) groups is 1. The van der Waals surface area contributed by atoms with E-state index < -0.39 is 0 Å². The summed E-state index contributed by atoms with van der Waals surface area (Å²) < 4.78 is 11.6. The third kappa shape index (κ3) is 5.64. The summed E-state index contributed by atoms with van der Waals surface area (Å²) in [6, 6.07) is 7.61. The molecule has 0 bridgehead atoms. The summed E-state index contributed by atoms with van der Waals surface area (Å²) in [5.41, 5.74) is 0. The van der Waals surface area contributed by atoms with Crippen LogP contribution in [0.3, 0.4) is 0 Å². The second-order valence-corrected chi connectivity index (χ2v) is 5.42. The first kappa shape index (κ1) is 17.9. The van der Waals surface area contributed by atoms with Gasteiger partial charge < -0.3 is 25.4 Å². The number of para-hydroxylation sites is 2. The van der Waals surface area contributed by atoms with E-state index in [0.29, 0.717) is 32.2 Å². The van der Waals surface area contributed by atoms with Gasteiger partial charge in [0.15, 0.2) is 17.5 Å². The number of rotatable bonds is 7. The fraction of sp³-hybridized carbons (Fsp3) is 0.529. The second kappa shape index (κ2) is 9.64. The Morgan fingerprint density at radius 2 is 2.00 bits per heavy atom. The van der Waals surface area contributed by atoms with Crippen LogP contribution in [0.25, 0.3) is 0 Å². The molecular weight excluding hydrogens is 308 g/mol. The number of carbonyl (C=O) groups excluding carboxylic acids is 1. The number of nitrogens with one attached hydrogen (secondary N) is 3. The van der Waals surface area contributed by atoms with E-state index in [9.17, 15) is 4.79 Å². The zero-order valence-corrected chi connectivity index (χ0v) is 14.3. The topological polar surface area (TPSA) is 84.0 Å². The van der Waals surface area contributed by atoms with E-state index in [1.807, 2.05) is 38.1 Å². The monoisotopic (exact) mass is 334 g/mol. The molecule has 1 aliphatic heterocycles. The predicted molar refractivity (Wildman–Crippen MR) is 93.6 cm³/mol. The number of nitrogens with zero attached hydrogens (tertiary/aromatic N) is 1. The minimum atomic E-state index is -0.113. The molecule has 7 heteroatoms. The summed E-state index contributed by atoms with van der Waals surface area (Å²) in [5.74, 6) is 2.02. The highest BCUT2D eigenvalue weighted by Gasteiger charge is 2.20. The molecular formula is C17H26N4O3. The summed E-state index contributed by atoms with van der Waals surface area (Å²) in [5, 5.41) is 9.10. The number of amides is 1. The summed E-state index contributed by atoms with van der Waals surface area (Å²) >= 11 is 0. The van der Waals surface area contributed by atoms with Crippen LogP contribution >= 0.6 is 0 Å². The minimum absolute atomic E-state index is 0.0831. The molecule has 1 atom stereocenters. The highest BCUT2D eigenvalue weighted by Crippen LogP contribution is 2.30. The van der Waals surface area contributed by atoms with Crippen molar-refractivity contribution in [3.05, 3.63) is 24.3 Å². The van der Waals surface area contributed by atoms with Crippen molar-refractivity contribution in [2.75, 3.05) is 32.8 Å². The highest BCUT2D eigenvalue weighted by molar-refractivity contribution is 5.84. The van der Waals surface area contributed by atoms with E-state index in [1.54, 1.807) is 0 Å². The molecule has 0 saturated heterocycles. The number of hydrogen-bond acceptors (Lipinski definition) is 4. The van der Waals surface area contributed by atoms with Gasteiger partial charge in [0.2, 0.25) is 5.91 Å². The molecule has 0 radical (unpaired) electrons. The van der Waals surface area contributed by atoms with E-state index >= 15 is 0 Å². The van der Waals surface area contributed by atoms with Crippen molar-refractivity contribution < 1.29 is 14.3 Å². The molecule has 7 nitrogen and oxygen atoms in total. The van der Waals surface area contributed by atoms with Crippen molar-refractivity contribution >= 4 is 11.9 Å². The highest BCUT2D eigenvalue weighted by atomic mass is 16.6. The van der Waals surface area contributed by atoms with Crippen LogP contribution in [0, 0.1) is 0 Å². The molecule has 0 aromatic heterocycles. The van der Waals surface area contributed by atoms with E-state index in [-0.39, 0.29) is 18.6 Å². The third-order valence-corrected chi connectivity index (χ3v) is 3.36. The molecule has 3 N–H and O–H groups in total. The van der Waals surface area contributed by atoms with E-state index in [0.717, 1.165) is 17.9 Å². The molecule has 1 heterocycles. The largest absolute Gasteiger partial charge is 0.486 e. The quantitative estimate of drug-likeness (QED) is 0.510. The first-order valence-electron chi connectivity index (χ1n) is 8.40. The fourth-order valence-corrected chi connectivity index (χ4v) is 2.19. The predicted octanol–water partition coefficient (Wildman–Crippen LogP) is 0.908. The van der Waals surface area contributed by atoms with Gasteiger partial charge in [0, 0.05) is 13.1 Å². The molecule has 24 heavy (non-hydrogen) atoms. The van der Waals surface area contributed by atoms with E-state index in [4.69, 9.17) is 9.47 Å². The van der Waals surface area contributed by atoms with Gasteiger partial charge in [-0.1, -0.05) is 19.1 Å². The Hall–Kier alpha value is -2.44. The van der Waals surface area contributed by atoms with E-state index in [2.05, 4.69) is 20.9 Å². The summed E-state index contributed by atoms with van der Waals surface area (Å²) in [6.45, 7) is 6.49. The molecule has 1 aliphatic rings. The van der Waals surface area contributed by atoms with Gasteiger partial charge in [-0.3, -0.25) is 4.79 Å². The number of guanidine groups is 1. The molecule has 1 unspecified atom stereocenters. The zero-order chi connectivity index (χ0) is 17.2.